The topological polar surface area (TPSA) is 50.1 Å². The Bertz CT molecular complexity index is 409. The highest BCUT2D eigenvalue weighted by Gasteiger charge is 2.11. The van der Waals surface area contributed by atoms with Crippen LogP contribution in [0.15, 0.2) is 12.1 Å². The first-order valence-corrected chi connectivity index (χ1v) is 5.25. The van der Waals surface area contributed by atoms with Crippen molar-refractivity contribution in [3.63, 3.8) is 0 Å². The summed E-state index contributed by atoms with van der Waals surface area (Å²) in [5.74, 6) is 0.707. The van der Waals surface area contributed by atoms with Gasteiger partial charge in [-0.05, 0) is 43.5 Å². The van der Waals surface area contributed by atoms with Gasteiger partial charge in [-0.1, -0.05) is 6.92 Å². The quantitative estimate of drug-likeness (QED) is 0.728. The Hall–Kier alpha value is -1.82. The molecule has 0 aromatic heterocycles. The molecule has 0 aliphatic heterocycles. The van der Waals surface area contributed by atoms with Crippen LogP contribution in [-0.4, -0.2) is 12.4 Å². The third kappa shape index (κ3) is 2.60. The summed E-state index contributed by atoms with van der Waals surface area (Å²) >= 11 is 0. The highest BCUT2D eigenvalue weighted by Crippen LogP contribution is 2.25. The maximum Gasteiger partial charge on any atom is 0.184 e. The van der Waals surface area contributed by atoms with Crippen molar-refractivity contribution in [2.45, 2.75) is 33.3 Å². The second-order valence-corrected chi connectivity index (χ2v) is 3.75. The van der Waals surface area contributed by atoms with Crippen molar-refractivity contribution in [2.75, 3.05) is 0 Å². The fourth-order valence-corrected chi connectivity index (χ4v) is 1.58. The molecule has 0 bridgehead atoms. The molecule has 0 fully saturated rings. The molecule has 0 aliphatic rings. The molecule has 1 aromatic carbocycles. The van der Waals surface area contributed by atoms with Crippen molar-refractivity contribution in [1.82, 2.24) is 0 Å². The summed E-state index contributed by atoms with van der Waals surface area (Å²) in [6, 6.07) is 5.62. The minimum Gasteiger partial charge on any atom is -0.475 e. The van der Waals surface area contributed by atoms with Gasteiger partial charge in [0.25, 0.3) is 0 Å². The van der Waals surface area contributed by atoms with E-state index in [2.05, 4.69) is 6.07 Å². The van der Waals surface area contributed by atoms with E-state index in [4.69, 9.17) is 10.00 Å². The zero-order valence-electron chi connectivity index (χ0n) is 9.78. The van der Waals surface area contributed by atoms with Crippen LogP contribution < -0.4 is 4.74 Å². The molecule has 16 heavy (non-hydrogen) atoms. The molecule has 0 spiro atoms. The van der Waals surface area contributed by atoms with Gasteiger partial charge in [0.15, 0.2) is 6.10 Å². The van der Waals surface area contributed by atoms with E-state index in [1.807, 2.05) is 20.8 Å². The van der Waals surface area contributed by atoms with E-state index >= 15 is 0 Å². The molecule has 3 heteroatoms. The summed E-state index contributed by atoms with van der Waals surface area (Å²) in [7, 11) is 0. The van der Waals surface area contributed by atoms with Crippen molar-refractivity contribution < 1.29 is 9.53 Å². The number of carbonyl (C=O) groups excluding carboxylic acids is 1. The fraction of sp³-hybridized carbons (Fsp3) is 0.385. The summed E-state index contributed by atoms with van der Waals surface area (Å²) < 4.78 is 5.60. The average Bonchev–Trinajstić information content (AvgIpc) is 2.28. The monoisotopic (exact) mass is 217 g/mol. The van der Waals surface area contributed by atoms with Crippen LogP contribution in [0.5, 0.6) is 5.75 Å². The van der Waals surface area contributed by atoms with Gasteiger partial charge in [-0.3, -0.25) is 4.79 Å². The van der Waals surface area contributed by atoms with Gasteiger partial charge >= 0.3 is 0 Å². The molecule has 0 heterocycles. The van der Waals surface area contributed by atoms with E-state index < -0.39 is 6.10 Å². The van der Waals surface area contributed by atoms with Gasteiger partial charge in [-0.15, -0.1) is 0 Å². The molecular weight excluding hydrogens is 202 g/mol. The molecule has 1 rings (SSSR count). The van der Waals surface area contributed by atoms with Gasteiger partial charge in [0, 0.05) is 5.56 Å². The fourth-order valence-electron chi connectivity index (χ4n) is 1.58. The number of aldehydes is 1. The van der Waals surface area contributed by atoms with E-state index in [1.165, 1.54) is 0 Å². The lowest BCUT2D eigenvalue weighted by Crippen LogP contribution is -2.13. The maximum absolute atomic E-state index is 10.7. The molecule has 0 amide bonds. The third-order valence-corrected chi connectivity index (χ3v) is 2.39. The van der Waals surface area contributed by atoms with E-state index in [0.29, 0.717) is 17.7 Å². The highest BCUT2D eigenvalue weighted by molar-refractivity contribution is 5.76. The van der Waals surface area contributed by atoms with Gasteiger partial charge in [-0.25, -0.2) is 0 Å². The van der Waals surface area contributed by atoms with E-state index in [1.54, 1.807) is 12.1 Å². The molecule has 1 atom stereocenters. The smallest absolute Gasteiger partial charge is 0.184 e. The molecule has 0 aliphatic carbocycles. The number of hydrogen-bond donors (Lipinski definition) is 0. The van der Waals surface area contributed by atoms with Crippen LogP contribution in [0.1, 0.15) is 34.8 Å². The zero-order valence-corrected chi connectivity index (χ0v) is 9.78. The van der Waals surface area contributed by atoms with Gasteiger partial charge in [0.2, 0.25) is 0 Å². The van der Waals surface area contributed by atoms with Crippen LogP contribution in [0, 0.1) is 25.2 Å². The Balaban J connectivity index is 3.06. The lowest BCUT2D eigenvalue weighted by atomic mass is 10.1. The van der Waals surface area contributed by atoms with Crippen LogP contribution in [0.25, 0.3) is 0 Å². The predicted molar refractivity (Wildman–Crippen MR) is 61.6 cm³/mol. The van der Waals surface area contributed by atoms with E-state index in [0.717, 1.165) is 17.4 Å². The Labute approximate surface area is 95.7 Å². The number of carbonyl (C=O) groups is 1. The van der Waals surface area contributed by atoms with Crippen molar-refractivity contribution in [3.8, 4) is 11.8 Å². The number of benzene rings is 1. The third-order valence-electron chi connectivity index (χ3n) is 2.39. The van der Waals surface area contributed by atoms with Crippen LogP contribution >= 0.6 is 0 Å². The van der Waals surface area contributed by atoms with Crippen molar-refractivity contribution in [1.29, 1.82) is 5.26 Å². The standard InChI is InChI=1S/C13H15NO2/c1-4-12(7-14)16-13-9(2)5-11(8-15)6-10(13)3/h5-6,8,12H,4H2,1-3H3. The van der Waals surface area contributed by atoms with Crippen molar-refractivity contribution in [2.24, 2.45) is 0 Å². The Morgan fingerprint density at radius 2 is 2.00 bits per heavy atom. The molecule has 0 radical (unpaired) electrons. The summed E-state index contributed by atoms with van der Waals surface area (Å²) in [4.78, 5) is 10.7. The number of rotatable bonds is 4. The lowest BCUT2D eigenvalue weighted by Gasteiger charge is -2.15. The SMILES string of the molecule is CCC(C#N)Oc1c(C)cc(C=O)cc1C. The largest absolute Gasteiger partial charge is 0.475 e. The minimum absolute atomic E-state index is 0.431. The normalized spacial score (nSPS) is 11.6. The van der Waals surface area contributed by atoms with Crippen LogP contribution in [-0.2, 0) is 0 Å². The van der Waals surface area contributed by atoms with E-state index in [9.17, 15) is 4.79 Å². The average molecular weight is 217 g/mol. The number of ether oxygens (including phenoxy) is 1. The van der Waals surface area contributed by atoms with Crippen molar-refractivity contribution >= 4 is 6.29 Å². The first kappa shape index (κ1) is 12.3. The second-order valence-electron chi connectivity index (χ2n) is 3.75. The highest BCUT2D eigenvalue weighted by atomic mass is 16.5. The van der Waals surface area contributed by atoms with Gasteiger partial charge in [0.05, 0.1) is 0 Å². The number of aryl methyl sites for hydroxylation is 2. The molecule has 84 valence electrons. The van der Waals surface area contributed by atoms with Gasteiger partial charge in [0.1, 0.15) is 18.1 Å². The number of nitrogens with zero attached hydrogens (tertiary/aromatic N) is 1. The van der Waals surface area contributed by atoms with Crippen LogP contribution in [0.2, 0.25) is 0 Å². The zero-order chi connectivity index (χ0) is 12.1. The summed E-state index contributed by atoms with van der Waals surface area (Å²) in [6.07, 6.45) is 1.02. The predicted octanol–water partition coefficient (Wildman–Crippen LogP) is 2.80. The Kier molecular flexibility index (Phi) is 4.07. The molecule has 0 N–H and O–H groups in total. The maximum atomic E-state index is 10.7. The van der Waals surface area contributed by atoms with Crippen molar-refractivity contribution in [3.05, 3.63) is 28.8 Å². The summed E-state index contributed by atoms with van der Waals surface area (Å²) in [6.45, 7) is 5.65. The first-order valence-electron chi connectivity index (χ1n) is 5.25. The Morgan fingerprint density at radius 1 is 1.44 bits per heavy atom. The second kappa shape index (κ2) is 5.32. The molecule has 0 saturated heterocycles. The molecular formula is C13H15NO2. The molecule has 3 nitrogen and oxygen atoms in total. The van der Waals surface area contributed by atoms with E-state index in [-0.39, 0.29) is 0 Å². The molecule has 1 unspecified atom stereocenters. The minimum atomic E-state index is -0.431. The molecule has 0 saturated carbocycles. The lowest BCUT2D eigenvalue weighted by molar-refractivity contribution is 0.112. The number of nitriles is 1. The van der Waals surface area contributed by atoms with Gasteiger partial charge < -0.3 is 4.74 Å². The summed E-state index contributed by atoms with van der Waals surface area (Å²) in [5, 5.41) is 8.84. The molecule has 1 aromatic rings. The summed E-state index contributed by atoms with van der Waals surface area (Å²) in [5.41, 5.74) is 2.40. The van der Waals surface area contributed by atoms with Crippen LogP contribution in [0.4, 0.5) is 0 Å². The van der Waals surface area contributed by atoms with Crippen LogP contribution in [0.3, 0.4) is 0 Å². The van der Waals surface area contributed by atoms with Gasteiger partial charge in [-0.2, -0.15) is 5.26 Å². The Morgan fingerprint density at radius 3 is 2.38 bits per heavy atom. The number of hydrogen-bond acceptors (Lipinski definition) is 3. The first-order chi connectivity index (χ1) is 7.62.